The van der Waals surface area contributed by atoms with E-state index in [4.69, 9.17) is 18.6 Å². The molecular weight excluding hydrogens is 347 g/mol. The molecule has 1 aromatic heterocycles. The van der Waals surface area contributed by atoms with E-state index in [1.807, 2.05) is 0 Å². The molecule has 3 rings (SSSR count). The molecule has 0 saturated heterocycles. The van der Waals surface area contributed by atoms with Crippen molar-refractivity contribution in [2.75, 3.05) is 21.3 Å². The van der Waals surface area contributed by atoms with Gasteiger partial charge in [-0.2, -0.15) is 0 Å². The van der Waals surface area contributed by atoms with Crippen molar-refractivity contribution in [2.45, 2.75) is 9.99 Å². The molecule has 0 bridgehead atoms. The molecule has 0 aliphatic rings. The van der Waals surface area contributed by atoms with Crippen LogP contribution >= 0.6 is 11.8 Å². The summed E-state index contributed by atoms with van der Waals surface area (Å²) in [6.45, 7) is 0. The fraction of sp³-hybridized carbons (Fsp3) is 0.167. The molecule has 0 aliphatic carbocycles. The number of rotatable bonds is 5. The molecule has 5 nitrogen and oxygen atoms in total. The number of benzene rings is 2. The summed E-state index contributed by atoms with van der Waals surface area (Å²) in [5.74, 6) is 0.576. The Kier molecular flexibility index (Phi) is 4.85. The summed E-state index contributed by atoms with van der Waals surface area (Å²) in [4.78, 5) is 13.2. The molecule has 0 spiro atoms. The van der Waals surface area contributed by atoms with Gasteiger partial charge in [-0.05, 0) is 18.2 Å². The minimum absolute atomic E-state index is 0.243. The van der Waals surface area contributed by atoms with Crippen LogP contribution in [0, 0.1) is 5.82 Å². The molecule has 1 heterocycles. The molecule has 3 aromatic rings. The highest BCUT2D eigenvalue weighted by molar-refractivity contribution is 7.99. The van der Waals surface area contributed by atoms with Gasteiger partial charge in [-0.3, -0.25) is 4.79 Å². The topological polar surface area (TPSA) is 57.9 Å². The lowest BCUT2D eigenvalue weighted by Crippen LogP contribution is -2.05. The third-order valence-corrected chi connectivity index (χ3v) is 4.41. The quantitative estimate of drug-likeness (QED) is 0.681. The van der Waals surface area contributed by atoms with Crippen LogP contribution in [0.4, 0.5) is 4.39 Å². The first kappa shape index (κ1) is 17.2. The van der Waals surface area contributed by atoms with Crippen molar-refractivity contribution >= 4 is 22.7 Å². The summed E-state index contributed by atoms with van der Waals surface area (Å²) in [5.41, 5.74) is -0.00106. The van der Waals surface area contributed by atoms with Crippen LogP contribution in [0.1, 0.15) is 0 Å². The minimum atomic E-state index is -0.360. The predicted octanol–water partition coefficient (Wildman–Crippen LogP) is 4.11. The molecule has 0 N–H and O–H groups in total. The van der Waals surface area contributed by atoms with Crippen LogP contribution < -0.4 is 19.6 Å². The van der Waals surface area contributed by atoms with Crippen LogP contribution in [0.15, 0.2) is 55.6 Å². The first-order valence-corrected chi connectivity index (χ1v) is 8.09. The Morgan fingerprint density at radius 1 is 1.00 bits per heavy atom. The Morgan fingerprint density at radius 3 is 2.40 bits per heavy atom. The van der Waals surface area contributed by atoms with Crippen molar-refractivity contribution in [3.05, 3.63) is 52.4 Å². The van der Waals surface area contributed by atoms with Crippen LogP contribution in [-0.2, 0) is 0 Å². The van der Waals surface area contributed by atoms with Crippen molar-refractivity contribution in [3.63, 3.8) is 0 Å². The Balaban J connectivity index is 2.17. The Bertz CT molecular complexity index is 983. The summed E-state index contributed by atoms with van der Waals surface area (Å²) in [7, 11) is 4.38. The van der Waals surface area contributed by atoms with Gasteiger partial charge in [0.15, 0.2) is 22.0 Å². The van der Waals surface area contributed by atoms with E-state index in [-0.39, 0.29) is 22.4 Å². The van der Waals surface area contributed by atoms with Gasteiger partial charge in [-0.1, -0.05) is 17.8 Å². The van der Waals surface area contributed by atoms with Crippen molar-refractivity contribution in [2.24, 2.45) is 0 Å². The molecule has 0 atom stereocenters. The zero-order valence-corrected chi connectivity index (χ0v) is 14.6. The highest BCUT2D eigenvalue weighted by atomic mass is 32.2. The van der Waals surface area contributed by atoms with Crippen LogP contribution in [0.25, 0.3) is 11.0 Å². The third kappa shape index (κ3) is 3.28. The summed E-state index contributed by atoms with van der Waals surface area (Å²) in [6.07, 6.45) is 0. The third-order valence-electron chi connectivity index (χ3n) is 3.51. The minimum Gasteiger partial charge on any atom is -0.493 e. The summed E-state index contributed by atoms with van der Waals surface area (Å²) in [6, 6.07) is 8.94. The van der Waals surface area contributed by atoms with E-state index in [9.17, 15) is 9.18 Å². The molecular formula is C18H15FO5S. The maximum Gasteiger partial charge on any atom is 0.204 e. The monoisotopic (exact) mass is 362 g/mol. The first-order valence-electron chi connectivity index (χ1n) is 7.27. The smallest absolute Gasteiger partial charge is 0.204 e. The van der Waals surface area contributed by atoms with Crippen molar-refractivity contribution < 1.29 is 23.0 Å². The van der Waals surface area contributed by atoms with Gasteiger partial charge in [0.1, 0.15) is 16.8 Å². The maximum absolute atomic E-state index is 13.3. The van der Waals surface area contributed by atoms with Gasteiger partial charge < -0.3 is 18.6 Å². The van der Waals surface area contributed by atoms with Gasteiger partial charge in [-0.25, -0.2) is 4.39 Å². The van der Waals surface area contributed by atoms with E-state index in [1.54, 1.807) is 18.2 Å². The Labute approximate surface area is 147 Å². The van der Waals surface area contributed by atoms with Gasteiger partial charge >= 0.3 is 0 Å². The second kappa shape index (κ2) is 7.06. The maximum atomic E-state index is 13.3. The largest absolute Gasteiger partial charge is 0.493 e. The molecule has 0 saturated carbocycles. The number of methoxy groups -OCH3 is 3. The molecule has 7 heteroatoms. The van der Waals surface area contributed by atoms with E-state index in [0.717, 1.165) is 11.8 Å². The predicted molar refractivity (Wildman–Crippen MR) is 92.7 cm³/mol. The fourth-order valence-corrected chi connectivity index (χ4v) is 3.31. The summed E-state index contributed by atoms with van der Waals surface area (Å²) >= 11 is 1.15. The second-order valence-electron chi connectivity index (χ2n) is 5.01. The average Bonchev–Trinajstić information content (AvgIpc) is 2.59. The highest BCUT2D eigenvalue weighted by Crippen LogP contribution is 2.43. The number of fused-ring (bicyclic) bond motifs is 1. The lowest BCUT2D eigenvalue weighted by molar-refractivity contribution is 0.325. The Morgan fingerprint density at radius 2 is 1.76 bits per heavy atom. The summed E-state index contributed by atoms with van der Waals surface area (Å²) in [5, 5.41) is 0.584. The molecule has 25 heavy (non-hydrogen) atoms. The van der Waals surface area contributed by atoms with Crippen molar-refractivity contribution in [3.8, 4) is 17.2 Å². The van der Waals surface area contributed by atoms with Crippen LogP contribution in [0.5, 0.6) is 17.2 Å². The first-order chi connectivity index (χ1) is 12.1. The number of ether oxygens (including phenoxy) is 3. The fourth-order valence-electron chi connectivity index (χ4n) is 2.46. The molecule has 0 radical (unpaired) electrons. The number of halogens is 1. The molecule has 2 aromatic carbocycles. The second-order valence-corrected chi connectivity index (χ2v) is 6.09. The normalized spacial score (nSPS) is 10.7. The van der Waals surface area contributed by atoms with E-state index in [2.05, 4.69) is 0 Å². The lowest BCUT2D eigenvalue weighted by atomic mass is 10.2. The zero-order valence-electron chi connectivity index (χ0n) is 13.8. The van der Waals surface area contributed by atoms with Gasteiger partial charge in [0, 0.05) is 17.0 Å². The molecule has 130 valence electrons. The van der Waals surface area contributed by atoms with E-state index < -0.39 is 0 Å². The van der Waals surface area contributed by atoms with E-state index in [1.165, 1.54) is 39.5 Å². The van der Waals surface area contributed by atoms with Crippen LogP contribution in [-0.4, -0.2) is 21.3 Å². The molecule has 0 amide bonds. The SMILES string of the molecule is COc1cc2oc(Sc3cccc(F)c3)cc(=O)c2c(OC)c1OC. The Hall–Kier alpha value is -2.67. The van der Waals surface area contributed by atoms with E-state index in [0.29, 0.717) is 27.1 Å². The standard InChI is InChI=1S/C18H15FO5S/c1-21-14-9-13-16(18(23-3)17(14)22-2)12(20)8-15(24-13)25-11-6-4-5-10(19)7-11/h4-9H,1-3H3. The van der Waals surface area contributed by atoms with Crippen LogP contribution in [0.3, 0.4) is 0 Å². The van der Waals surface area contributed by atoms with Gasteiger partial charge in [0.05, 0.1) is 21.3 Å². The number of hydrogen-bond acceptors (Lipinski definition) is 6. The van der Waals surface area contributed by atoms with Crippen molar-refractivity contribution in [1.29, 1.82) is 0 Å². The average molecular weight is 362 g/mol. The van der Waals surface area contributed by atoms with E-state index >= 15 is 0 Å². The van der Waals surface area contributed by atoms with Gasteiger partial charge in [0.2, 0.25) is 5.75 Å². The zero-order chi connectivity index (χ0) is 18.0. The van der Waals surface area contributed by atoms with Crippen molar-refractivity contribution in [1.82, 2.24) is 0 Å². The van der Waals surface area contributed by atoms with Crippen LogP contribution in [0.2, 0.25) is 0 Å². The lowest BCUT2D eigenvalue weighted by Gasteiger charge is -2.14. The highest BCUT2D eigenvalue weighted by Gasteiger charge is 2.20. The molecule has 0 unspecified atom stereocenters. The molecule has 0 aliphatic heterocycles. The number of hydrogen-bond donors (Lipinski definition) is 0. The van der Waals surface area contributed by atoms with Gasteiger partial charge in [-0.15, -0.1) is 0 Å². The molecule has 0 fully saturated rings. The van der Waals surface area contributed by atoms with Gasteiger partial charge in [0.25, 0.3) is 0 Å². The summed E-state index contributed by atoms with van der Waals surface area (Å²) < 4.78 is 35.0.